The fraction of sp³-hybridized carbons (Fsp3) is 0.375. The predicted molar refractivity (Wildman–Crippen MR) is 96.1 cm³/mol. The number of piperidine rings is 1. The van der Waals surface area contributed by atoms with Crippen molar-refractivity contribution in [2.75, 3.05) is 23.7 Å². The summed E-state index contributed by atoms with van der Waals surface area (Å²) >= 11 is 7.65. The Labute approximate surface area is 145 Å². The highest BCUT2D eigenvalue weighted by molar-refractivity contribution is 7.99. The smallest absolute Gasteiger partial charge is 0.143 e. The van der Waals surface area contributed by atoms with E-state index in [1.54, 1.807) is 6.20 Å². The average Bonchev–Trinajstić information content (AvgIpc) is 2.53. The monoisotopic (exact) mass is 349 g/mol. The Balaban J connectivity index is 1.69. The molecule has 3 heterocycles. The van der Waals surface area contributed by atoms with E-state index < -0.39 is 0 Å². The van der Waals surface area contributed by atoms with Gasteiger partial charge in [0.1, 0.15) is 10.8 Å². The minimum Gasteiger partial charge on any atom is -0.382 e. The van der Waals surface area contributed by atoms with Crippen molar-refractivity contribution in [3.05, 3.63) is 35.6 Å². The zero-order chi connectivity index (χ0) is 16.4. The Morgan fingerprint density at radius 2 is 1.96 bits per heavy atom. The second-order valence-corrected chi connectivity index (χ2v) is 7.55. The van der Waals surface area contributed by atoms with E-state index >= 15 is 0 Å². The van der Waals surface area contributed by atoms with Crippen molar-refractivity contribution in [1.82, 2.24) is 9.97 Å². The molecule has 2 aromatic heterocycles. The van der Waals surface area contributed by atoms with E-state index in [9.17, 15) is 0 Å². The van der Waals surface area contributed by atoms with Crippen LogP contribution in [0.3, 0.4) is 0 Å². The van der Waals surface area contributed by atoms with Crippen LogP contribution in [0.2, 0.25) is 5.02 Å². The van der Waals surface area contributed by atoms with Crippen LogP contribution in [-0.2, 0) is 0 Å². The lowest BCUT2D eigenvalue weighted by molar-refractivity contribution is 0.364. The van der Waals surface area contributed by atoms with Crippen molar-refractivity contribution in [3.63, 3.8) is 0 Å². The summed E-state index contributed by atoms with van der Waals surface area (Å²) < 4.78 is 0. The third-order valence-corrected chi connectivity index (χ3v) is 5.61. The molecule has 0 spiro atoms. The molecule has 4 N–H and O–H groups in total. The minimum absolute atomic E-state index is 0.0439. The predicted octanol–water partition coefficient (Wildman–Crippen LogP) is 3.18. The van der Waals surface area contributed by atoms with Gasteiger partial charge in [-0.2, -0.15) is 0 Å². The Bertz CT molecular complexity index is 679. The number of nitrogen functional groups attached to an aromatic ring is 1. The summed E-state index contributed by atoms with van der Waals surface area (Å²) in [6.45, 7) is 4.05. The summed E-state index contributed by atoms with van der Waals surface area (Å²) in [6.07, 6.45) is 5.54. The van der Waals surface area contributed by atoms with Crippen LogP contribution in [-0.4, -0.2) is 28.6 Å². The van der Waals surface area contributed by atoms with Crippen molar-refractivity contribution < 1.29 is 0 Å². The van der Waals surface area contributed by atoms with Crippen LogP contribution in [0, 0.1) is 0 Å². The van der Waals surface area contributed by atoms with Gasteiger partial charge >= 0.3 is 0 Å². The fourth-order valence-electron chi connectivity index (χ4n) is 2.53. The molecule has 23 heavy (non-hydrogen) atoms. The van der Waals surface area contributed by atoms with Crippen molar-refractivity contribution in [2.24, 2.45) is 5.73 Å². The molecule has 0 saturated carbocycles. The molecule has 0 radical (unpaired) electrons. The average molecular weight is 350 g/mol. The van der Waals surface area contributed by atoms with Crippen molar-refractivity contribution in [3.8, 4) is 0 Å². The highest BCUT2D eigenvalue weighted by atomic mass is 35.5. The van der Waals surface area contributed by atoms with Gasteiger partial charge in [0.05, 0.1) is 16.9 Å². The van der Waals surface area contributed by atoms with E-state index in [1.165, 1.54) is 11.8 Å². The summed E-state index contributed by atoms with van der Waals surface area (Å²) in [5, 5.41) is 1.35. The number of nitrogens with zero attached hydrogens (tertiary/aromatic N) is 3. The first-order chi connectivity index (χ1) is 10.9. The number of pyridine rings is 2. The molecule has 122 valence electrons. The number of halogens is 1. The zero-order valence-corrected chi connectivity index (χ0v) is 14.6. The van der Waals surface area contributed by atoms with Crippen LogP contribution in [0.1, 0.15) is 19.8 Å². The van der Waals surface area contributed by atoms with Gasteiger partial charge in [0, 0.05) is 29.7 Å². The standard InChI is InChI=1S/C16H20ClN5S/c1-16(19)5-8-22(9-6-16)11-2-3-13(21-10-11)23-12-4-7-20-15(18)14(12)17/h2-4,7,10H,5-6,8-9,19H2,1H3,(H2,18,20). The minimum atomic E-state index is -0.0439. The molecule has 1 fully saturated rings. The maximum Gasteiger partial charge on any atom is 0.143 e. The van der Waals surface area contributed by atoms with E-state index in [4.69, 9.17) is 23.1 Å². The van der Waals surface area contributed by atoms with E-state index in [-0.39, 0.29) is 5.54 Å². The third kappa shape index (κ3) is 3.88. The van der Waals surface area contributed by atoms with Gasteiger partial charge in [-0.3, -0.25) is 0 Å². The Morgan fingerprint density at radius 1 is 1.22 bits per heavy atom. The Morgan fingerprint density at radius 3 is 2.61 bits per heavy atom. The number of anilines is 2. The van der Waals surface area contributed by atoms with Crippen LogP contribution in [0.4, 0.5) is 11.5 Å². The molecule has 7 heteroatoms. The Kier molecular flexibility index (Phi) is 4.66. The van der Waals surface area contributed by atoms with Gasteiger partial charge in [0.15, 0.2) is 0 Å². The first-order valence-corrected chi connectivity index (χ1v) is 8.72. The van der Waals surface area contributed by atoms with Gasteiger partial charge in [-0.1, -0.05) is 23.4 Å². The largest absolute Gasteiger partial charge is 0.382 e. The number of hydrogen-bond acceptors (Lipinski definition) is 6. The molecular formula is C16H20ClN5S. The molecule has 1 saturated heterocycles. The number of aromatic nitrogens is 2. The van der Waals surface area contributed by atoms with Crippen LogP contribution >= 0.6 is 23.4 Å². The normalized spacial score (nSPS) is 17.3. The van der Waals surface area contributed by atoms with Crippen LogP contribution in [0.5, 0.6) is 0 Å². The van der Waals surface area contributed by atoms with Crippen LogP contribution in [0.25, 0.3) is 0 Å². The van der Waals surface area contributed by atoms with Gasteiger partial charge in [-0.25, -0.2) is 9.97 Å². The van der Waals surface area contributed by atoms with E-state index in [2.05, 4.69) is 27.9 Å². The van der Waals surface area contributed by atoms with Gasteiger partial charge in [-0.15, -0.1) is 0 Å². The first-order valence-electron chi connectivity index (χ1n) is 7.52. The second-order valence-electron chi connectivity index (χ2n) is 6.11. The second kappa shape index (κ2) is 6.55. The summed E-state index contributed by atoms with van der Waals surface area (Å²) in [5.74, 6) is 0.339. The van der Waals surface area contributed by atoms with Gasteiger partial charge in [0.25, 0.3) is 0 Å². The third-order valence-electron chi connectivity index (χ3n) is 4.09. The SMILES string of the molecule is CC1(N)CCN(c2ccc(Sc3ccnc(N)c3Cl)nc2)CC1. The van der Waals surface area contributed by atoms with Gasteiger partial charge < -0.3 is 16.4 Å². The summed E-state index contributed by atoms with van der Waals surface area (Å²) in [6, 6.07) is 5.93. The van der Waals surface area contributed by atoms with Gasteiger partial charge in [0.2, 0.25) is 0 Å². The van der Waals surface area contributed by atoms with Crippen molar-refractivity contribution >= 4 is 34.9 Å². The highest BCUT2D eigenvalue weighted by Gasteiger charge is 2.26. The molecule has 0 aliphatic carbocycles. The molecule has 1 aliphatic rings. The molecule has 0 amide bonds. The summed E-state index contributed by atoms with van der Waals surface area (Å²) in [4.78, 5) is 11.7. The van der Waals surface area contributed by atoms with Crippen LogP contribution < -0.4 is 16.4 Å². The molecule has 0 atom stereocenters. The quantitative estimate of drug-likeness (QED) is 0.885. The lowest BCUT2D eigenvalue weighted by Crippen LogP contribution is -2.48. The van der Waals surface area contributed by atoms with E-state index in [1.807, 2.05) is 18.3 Å². The lowest BCUT2D eigenvalue weighted by atomic mass is 9.91. The Hall–Kier alpha value is -1.50. The maximum absolute atomic E-state index is 6.18. The number of nitrogens with two attached hydrogens (primary N) is 2. The molecule has 0 unspecified atom stereocenters. The summed E-state index contributed by atoms with van der Waals surface area (Å²) in [5.41, 5.74) is 13.0. The maximum atomic E-state index is 6.18. The van der Waals surface area contributed by atoms with E-state index in [0.717, 1.165) is 41.5 Å². The highest BCUT2D eigenvalue weighted by Crippen LogP contribution is 2.35. The number of rotatable bonds is 3. The topological polar surface area (TPSA) is 81.1 Å². The molecule has 0 bridgehead atoms. The first kappa shape index (κ1) is 16.4. The molecule has 5 nitrogen and oxygen atoms in total. The molecule has 1 aliphatic heterocycles. The molecular weight excluding hydrogens is 330 g/mol. The summed E-state index contributed by atoms with van der Waals surface area (Å²) in [7, 11) is 0. The lowest BCUT2D eigenvalue weighted by Gasteiger charge is -2.37. The fourth-order valence-corrected chi connectivity index (χ4v) is 3.55. The molecule has 2 aromatic rings. The van der Waals surface area contributed by atoms with E-state index in [0.29, 0.717) is 10.8 Å². The van der Waals surface area contributed by atoms with Crippen molar-refractivity contribution in [1.29, 1.82) is 0 Å². The molecule has 3 rings (SSSR count). The molecule has 0 aromatic carbocycles. The van der Waals surface area contributed by atoms with Crippen LogP contribution in [0.15, 0.2) is 40.5 Å². The van der Waals surface area contributed by atoms with Crippen molar-refractivity contribution in [2.45, 2.75) is 35.2 Å². The zero-order valence-electron chi connectivity index (χ0n) is 13.0. The van der Waals surface area contributed by atoms with Gasteiger partial charge in [-0.05, 0) is 38.0 Å². The number of hydrogen-bond donors (Lipinski definition) is 2.